The van der Waals surface area contributed by atoms with Gasteiger partial charge in [0.15, 0.2) is 5.13 Å². The molecule has 2 aromatic rings. The number of rotatable bonds is 2. The Balaban J connectivity index is 0.00000112. The van der Waals surface area contributed by atoms with Gasteiger partial charge >= 0.3 is 0 Å². The van der Waals surface area contributed by atoms with E-state index in [0.717, 1.165) is 16.5 Å². The molecule has 0 spiro atoms. The van der Waals surface area contributed by atoms with Crippen LogP contribution < -0.4 is 5.32 Å². The maximum atomic E-state index is 4.41. The molecule has 0 fully saturated rings. The molecule has 0 aliphatic rings. The lowest BCUT2D eigenvalue weighted by Gasteiger charge is -2.00. The topological polar surface area (TPSA) is 24.9 Å². The van der Waals surface area contributed by atoms with E-state index in [0.29, 0.717) is 0 Å². The molecule has 0 aliphatic carbocycles. The highest BCUT2D eigenvalue weighted by Crippen LogP contribution is 2.24. The van der Waals surface area contributed by atoms with E-state index in [4.69, 9.17) is 0 Å². The molecule has 2 rings (SSSR count). The molecule has 1 N–H and O–H groups in total. The largest absolute Gasteiger partial charge is 0.332 e. The van der Waals surface area contributed by atoms with Crippen LogP contribution in [0.4, 0.5) is 10.8 Å². The van der Waals surface area contributed by atoms with Crippen LogP contribution in [0.5, 0.6) is 0 Å². The van der Waals surface area contributed by atoms with Gasteiger partial charge in [0.1, 0.15) is 0 Å². The molecule has 0 aliphatic heterocycles. The lowest BCUT2D eigenvalue weighted by molar-refractivity contribution is 1.23. The molecule has 0 amide bonds. The quantitative estimate of drug-likeness (QED) is 0.861. The molecule has 80 valence electrons. The van der Waals surface area contributed by atoms with E-state index >= 15 is 0 Å². The number of anilines is 2. The van der Waals surface area contributed by atoms with Gasteiger partial charge in [-0.15, -0.1) is 23.7 Å². The second kappa shape index (κ2) is 5.14. The Bertz CT molecular complexity index is 406. The zero-order valence-electron chi connectivity index (χ0n) is 8.65. The van der Waals surface area contributed by atoms with Crippen LogP contribution >= 0.6 is 23.7 Å². The molecule has 1 heterocycles. The summed E-state index contributed by atoms with van der Waals surface area (Å²) in [7, 11) is 0. The van der Waals surface area contributed by atoms with Crippen molar-refractivity contribution in [2.75, 3.05) is 5.32 Å². The summed E-state index contributed by atoms with van der Waals surface area (Å²) < 4.78 is 0. The van der Waals surface area contributed by atoms with Crippen molar-refractivity contribution in [2.45, 2.75) is 13.8 Å². The van der Waals surface area contributed by atoms with Crippen molar-refractivity contribution in [3.05, 3.63) is 40.9 Å². The molecule has 0 unspecified atom stereocenters. The molecule has 1 aromatic heterocycles. The van der Waals surface area contributed by atoms with Crippen LogP contribution in [0.25, 0.3) is 0 Å². The molecule has 2 nitrogen and oxygen atoms in total. The minimum Gasteiger partial charge on any atom is -0.332 e. The third-order valence-electron chi connectivity index (χ3n) is 2.05. The number of nitrogens with zero attached hydrogens (tertiary/aromatic N) is 1. The van der Waals surface area contributed by atoms with Gasteiger partial charge in [-0.1, -0.05) is 18.2 Å². The number of hydrogen-bond acceptors (Lipinski definition) is 3. The van der Waals surface area contributed by atoms with Gasteiger partial charge in [-0.05, 0) is 26.0 Å². The number of aromatic nitrogens is 1. The molecular weight excluding hydrogens is 228 g/mol. The molecule has 0 bridgehead atoms. The fraction of sp³-hybridized carbons (Fsp3) is 0.182. The Kier molecular flexibility index (Phi) is 4.12. The highest BCUT2D eigenvalue weighted by Gasteiger charge is 2.02. The van der Waals surface area contributed by atoms with Crippen molar-refractivity contribution in [1.29, 1.82) is 0 Å². The van der Waals surface area contributed by atoms with Crippen LogP contribution in [0, 0.1) is 13.8 Å². The highest BCUT2D eigenvalue weighted by molar-refractivity contribution is 7.15. The number of hydrogen-bond donors (Lipinski definition) is 1. The summed E-state index contributed by atoms with van der Waals surface area (Å²) in [5.74, 6) is 0. The molecular formula is C11H13ClN2S. The molecule has 0 saturated carbocycles. The van der Waals surface area contributed by atoms with Gasteiger partial charge in [-0.25, -0.2) is 4.98 Å². The van der Waals surface area contributed by atoms with Gasteiger partial charge in [-0.2, -0.15) is 0 Å². The van der Waals surface area contributed by atoms with E-state index < -0.39 is 0 Å². The van der Waals surface area contributed by atoms with Crippen LogP contribution in [0.1, 0.15) is 10.6 Å². The van der Waals surface area contributed by atoms with E-state index in [1.807, 2.05) is 37.3 Å². The third-order valence-corrected chi connectivity index (χ3v) is 3.04. The standard InChI is InChI=1S/C11H12N2S.ClH/c1-8-9(2)14-11(12-8)13-10-6-4-3-5-7-10;/h3-7H,1-2H3,(H,12,13);1H. The number of aryl methyl sites for hydroxylation is 2. The lowest BCUT2D eigenvalue weighted by atomic mass is 10.3. The Labute approximate surface area is 99.8 Å². The van der Waals surface area contributed by atoms with Gasteiger partial charge in [0.2, 0.25) is 0 Å². The van der Waals surface area contributed by atoms with Crippen LogP contribution in [-0.4, -0.2) is 4.98 Å². The van der Waals surface area contributed by atoms with Crippen molar-refractivity contribution >= 4 is 34.6 Å². The van der Waals surface area contributed by atoms with Crippen LogP contribution in [-0.2, 0) is 0 Å². The first-order valence-electron chi connectivity index (χ1n) is 4.52. The summed E-state index contributed by atoms with van der Waals surface area (Å²) in [5.41, 5.74) is 2.19. The second-order valence-electron chi connectivity index (χ2n) is 3.15. The predicted molar refractivity (Wildman–Crippen MR) is 68.6 cm³/mol. The van der Waals surface area contributed by atoms with Crippen LogP contribution in [0.2, 0.25) is 0 Å². The van der Waals surface area contributed by atoms with Crippen molar-refractivity contribution < 1.29 is 0 Å². The van der Waals surface area contributed by atoms with Crippen LogP contribution in [0.3, 0.4) is 0 Å². The van der Waals surface area contributed by atoms with Crippen LogP contribution in [0.15, 0.2) is 30.3 Å². The summed E-state index contributed by atoms with van der Waals surface area (Å²) in [6.07, 6.45) is 0. The predicted octanol–water partition coefficient (Wildman–Crippen LogP) is 3.93. The average Bonchev–Trinajstić information content (AvgIpc) is 2.47. The number of thiazole rings is 1. The summed E-state index contributed by atoms with van der Waals surface area (Å²) in [6, 6.07) is 10.1. The third kappa shape index (κ3) is 2.94. The highest BCUT2D eigenvalue weighted by atomic mass is 35.5. The van der Waals surface area contributed by atoms with Gasteiger partial charge in [0.25, 0.3) is 0 Å². The van der Waals surface area contributed by atoms with Crippen molar-refractivity contribution in [3.8, 4) is 0 Å². The summed E-state index contributed by atoms with van der Waals surface area (Å²) >= 11 is 1.69. The molecule has 0 atom stereocenters. The first-order chi connectivity index (χ1) is 6.75. The minimum atomic E-state index is 0. The van der Waals surface area contributed by atoms with Crippen molar-refractivity contribution in [3.63, 3.8) is 0 Å². The average molecular weight is 241 g/mol. The summed E-state index contributed by atoms with van der Waals surface area (Å²) in [6.45, 7) is 4.12. The molecule has 4 heteroatoms. The van der Waals surface area contributed by atoms with Crippen molar-refractivity contribution in [1.82, 2.24) is 4.98 Å². The van der Waals surface area contributed by atoms with Gasteiger partial charge in [0.05, 0.1) is 5.69 Å². The molecule has 0 saturated heterocycles. The maximum Gasteiger partial charge on any atom is 0.187 e. The molecule has 0 radical (unpaired) electrons. The van der Waals surface area contributed by atoms with E-state index in [1.165, 1.54) is 4.88 Å². The van der Waals surface area contributed by atoms with Gasteiger partial charge in [0, 0.05) is 10.6 Å². The fourth-order valence-electron chi connectivity index (χ4n) is 1.17. The first-order valence-corrected chi connectivity index (χ1v) is 5.33. The van der Waals surface area contributed by atoms with E-state index in [9.17, 15) is 0 Å². The number of benzene rings is 1. The Morgan fingerprint density at radius 1 is 1.13 bits per heavy atom. The fourth-order valence-corrected chi connectivity index (χ4v) is 2.01. The number of nitrogens with one attached hydrogen (secondary N) is 1. The zero-order valence-corrected chi connectivity index (χ0v) is 10.3. The van der Waals surface area contributed by atoms with E-state index in [-0.39, 0.29) is 12.4 Å². The number of halogens is 1. The smallest absolute Gasteiger partial charge is 0.187 e. The van der Waals surface area contributed by atoms with E-state index in [1.54, 1.807) is 11.3 Å². The Hall–Kier alpha value is -1.06. The molecule has 15 heavy (non-hydrogen) atoms. The summed E-state index contributed by atoms with van der Waals surface area (Å²) in [5, 5.41) is 4.24. The van der Waals surface area contributed by atoms with E-state index in [2.05, 4.69) is 17.2 Å². The van der Waals surface area contributed by atoms with Crippen molar-refractivity contribution in [2.24, 2.45) is 0 Å². The minimum absolute atomic E-state index is 0. The molecule has 1 aromatic carbocycles. The maximum absolute atomic E-state index is 4.41. The van der Waals surface area contributed by atoms with Gasteiger partial charge in [-0.3, -0.25) is 0 Å². The Morgan fingerprint density at radius 2 is 1.80 bits per heavy atom. The zero-order chi connectivity index (χ0) is 9.97. The monoisotopic (exact) mass is 240 g/mol. The Morgan fingerprint density at radius 3 is 2.33 bits per heavy atom. The first kappa shape index (κ1) is 12.0. The lowest BCUT2D eigenvalue weighted by Crippen LogP contribution is -1.88. The number of para-hydroxylation sites is 1. The summed E-state index contributed by atoms with van der Waals surface area (Å²) in [4.78, 5) is 5.68. The normalized spacial score (nSPS) is 9.47. The van der Waals surface area contributed by atoms with Gasteiger partial charge < -0.3 is 5.32 Å². The SMILES string of the molecule is Cc1nc(Nc2ccccc2)sc1C.Cl. The second-order valence-corrected chi connectivity index (χ2v) is 4.35.